The number of hydrogen-bond acceptors (Lipinski definition) is 7. The molecule has 5 heterocycles. The summed E-state index contributed by atoms with van der Waals surface area (Å²) in [5.41, 5.74) is 6.65. The Hall–Kier alpha value is -3.86. The second-order valence-corrected chi connectivity index (χ2v) is 11.5. The number of amides is 1. The lowest BCUT2D eigenvalue weighted by molar-refractivity contribution is 0.0664. The van der Waals surface area contributed by atoms with Crippen LogP contribution in [0.5, 0.6) is 0 Å². The van der Waals surface area contributed by atoms with E-state index < -0.39 is 0 Å². The van der Waals surface area contributed by atoms with Gasteiger partial charge in [-0.2, -0.15) is 5.10 Å². The number of fused-ring (bicyclic) bond motifs is 1. The highest BCUT2D eigenvalue weighted by atomic mass is 16.6. The molecule has 2 unspecified atom stereocenters. The Morgan fingerprint density at radius 1 is 1.12 bits per heavy atom. The fourth-order valence-corrected chi connectivity index (χ4v) is 5.59. The van der Waals surface area contributed by atoms with E-state index in [-0.39, 0.29) is 29.8 Å². The molecular formula is C31H37N7O3. The maximum atomic E-state index is 13.1. The van der Waals surface area contributed by atoms with Gasteiger partial charge >= 0.3 is 0 Å². The Balaban J connectivity index is 1.26. The number of nitrogens with zero attached hydrogens (tertiary/aromatic N) is 5. The van der Waals surface area contributed by atoms with Crippen molar-refractivity contribution in [2.24, 2.45) is 0 Å². The third-order valence-corrected chi connectivity index (χ3v) is 8.08. The average molecular weight is 556 g/mol. The Kier molecular flexibility index (Phi) is 7.23. The van der Waals surface area contributed by atoms with Gasteiger partial charge in [-0.25, -0.2) is 9.67 Å². The van der Waals surface area contributed by atoms with E-state index in [1.165, 1.54) is 0 Å². The minimum absolute atomic E-state index is 0.0644. The topological polar surface area (TPSA) is 112 Å². The van der Waals surface area contributed by atoms with Gasteiger partial charge in [0.25, 0.3) is 11.5 Å². The maximum absolute atomic E-state index is 13.1. The summed E-state index contributed by atoms with van der Waals surface area (Å²) in [7, 11) is 2.08. The second kappa shape index (κ2) is 10.8. The van der Waals surface area contributed by atoms with E-state index in [9.17, 15) is 9.59 Å². The van der Waals surface area contributed by atoms with Crippen molar-refractivity contribution in [2.75, 3.05) is 33.2 Å². The Morgan fingerprint density at radius 2 is 1.85 bits per heavy atom. The molecule has 6 rings (SSSR count). The lowest BCUT2D eigenvalue weighted by atomic mass is 10.0. The zero-order chi connectivity index (χ0) is 28.8. The van der Waals surface area contributed by atoms with Crippen LogP contribution in [0.3, 0.4) is 0 Å². The summed E-state index contributed by atoms with van der Waals surface area (Å²) in [6.45, 7) is 11.7. The van der Waals surface area contributed by atoms with Gasteiger partial charge in [0.1, 0.15) is 12.3 Å². The lowest BCUT2D eigenvalue weighted by Gasteiger charge is -2.32. The van der Waals surface area contributed by atoms with Crippen LogP contribution >= 0.6 is 0 Å². The first-order chi connectivity index (χ1) is 19.7. The molecule has 2 saturated heterocycles. The van der Waals surface area contributed by atoms with Gasteiger partial charge in [-0.1, -0.05) is 12.1 Å². The van der Waals surface area contributed by atoms with Crippen LogP contribution in [0.1, 0.15) is 58.7 Å². The van der Waals surface area contributed by atoms with E-state index in [1.54, 1.807) is 0 Å². The molecule has 2 aliphatic heterocycles. The SMILES string of the molecule is Cc1cc(C)c(CNC2OC2c2cc(-c3ccc(C(=O)N4CCN(C)CC4)cc3)nc3c2cnn3C(C)C)c(=O)[nH]1. The summed E-state index contributed by atoms with van der Waals surface area (Å²) in [6.07, 6.45) is 1.44. The molecule has 1 amide bonds. The highest BCUT2D eigenvalue weighted by Crippen LogP contribution is 2.42. The van der Waals surface area contributed by atoms with Crippen LogP contribution in [0.15, 0.2) is 47.4 Å². The summed E-state index contributed by atoms with van der Waals surface area (Å²) < 4.78 is 8.00. The Bertz CT molecular complexity index is 1650. The lowest BCUT2D eigenvalue weighted by Crippen LogP contribution is -2.47. The first-order valence-corrected chi connectivity index (χ1v) is 14.2. The van der Waals surface area contributed by atoms with Crippen molar-refractivity contribution in [1.82, 2.24) is 34.9 Å². The summed E-state index contributed by atoms with van der Waals surface area (Å²) in [5.74, 6) is 0.0644. The number of likely N-dealkylation sites (N-methyl/N-ethyl adjacent to an activating group) is 1. The summed E-state index contributed by atoms with van der Waals surface area (Å²) >= 11 is 0. The van der Waals surface area contributed by atoms with E-state index in [2.05, 4.69) is 47.3 Å². The molecule has 3 aromatic heterocycles. The number of aryl methyl sites for hydroxylation is 2. The number of aromatic nitrogens is 4. The molecule has 2 fully saturated rings. The number of rotatable bonds is 7. The standard InChI is InChI=1S/C31H37N7O3/c1-18(2)38-28-25(17-33-38)23(27-30(41-27)32-16-24-19(3)14-20(4)34-29(24)39)15-26(35-28)21-6-8-22(9-7-21)31(40)37-12-10-36(5)11-13-37/h6-9,14-15,17-18,27,30,32H,10-13,16H2,1-5H3,(H,34,39). The Labute approximate surface area is 239 Å². The van der Waals surface area contributed by atoms with E-state index in [1.807, 2.05) is 60.0 Å². The van der Waals surface area contributed by atoms with Crippen molar-refractivity contribution in [3.63, 3.8) is 0 Å². The van der Waals surface area contributed by atoms with Crippen LogP contribution in [0.4, 0.5) is 0 Å². The smallest absolute Gasteiger partial charge is 0.253 e. The quantitative estimate of drug-likeness (QED) is 0.336. The minimum Gasteiger partial charge on any atom is -0.348 e. The van der Waals surface area contributed by atoms with E-state index in [0.29, 0.717) is 17.7 Å². The van der Waals surface area contributed by atoms with Gasteiger partial charge < -0.3 is 19.5 Å². The number of nitrogens with one attached hydrogen (secondary N) is 2. The summed E-state index contributed by atoms with van der Waals surface area (Å²) in [5, 5.41) is 8.97. The van der Waals surface area contributed by atoms with Crippen molar-refractivity contribution >= 4 is 16.9 Å². The first kappa shape index (κ1) is 27.3. The third-order valence-electron chi connectivity index (χ3n) is 8.08. The molecule has 4 aromatic rings. The van der Waals surface area contributed by atoms with E-state index in [4.69, 9.17) is 9.72 Å². The Morgan fingerprint density at radius 3 is 2.54 bits per heavy atom. The molecule has 0 bridgehead atoms. The van der Waals surface area contributed by atoms with Crippen LogP contribution in [-0.4, -0.2) is 74.9 Å². The fraction of sp³-hybridized carbons (Fsp3) is 0.419. The molecule has 1 aromatic carbocycles. The van der Waals surface area contributed by atoms with Crippen LogP contribution in [0, 0.1) is 13.8 Å². The third kappa shape index (κ3) is 5.42. The molecule has 10 heteroatoms. The fourth-order valence-electron chi connectivity index (χ4n) is 5.59. The summed E-state index contributed by atoms with van der Waals surface area (Å²) in [4.78, 5) is 37.6. The highest BCUT2D eigenvalue weighted by Gasteiger charge is 2.42. The van der Waals surface area contributed by atoms with Gasteiger partial charge in [0.2, 0.25) is 0 Å². The van der Waals surface area contributed by atoms with Crippen molar-refractivity contribution in [3.05, 3.63) is 80.9 Å². The number of hydrogen-bond donors (Lipinski definition) is 2. The molecule has 10 nitrogen and oxygen atoms in total. The highest BCUT2D eigenvalue weighted by molar-refractivity contribution is 5.95. The molecular weight excluding hydrogens is 518 g/mol. The number of H-pyrrole nitrogens is 1. The molecule has 214 valence electrons. The molecule has 0 radical (unpaired) electrons. The van der Waals surface area contributed by atoms with Crippen LogP contribution in [-0.2, 0) is 11.3 Å². The van der Waals surface area contributed by atoms with Gasteiger partial charge in [0.05, 0.1) is 11.9 Å². The number of pyridine rings is 2. The number of ether oxygens (including phenoxy) is 1. The second-order valence-electron chi connectivity index (χ2n) is 11.5. The van der Waals surface area contributed by atoms with Crippen LogP contribution < -0.4 is 10.9 Å². The number of aromatic amines is 1. The number of carbonyl (C=O) groups excluding carboxylic acids is 1. The van der Waals surface area contributed by atoms with Gasteiger partial charge in [0, 0.05) is 66.5 Å². The number of piperazine rings is 1. The number of carbonyl (C=O) groups is 1. The van der Waals surface area contributed by atoms with Crippen molar-refractivity contribution in [2.45, 2.75) is 52.6 Å². The predicted octanol–water partition coefficient (Wildman–Crippen LogP) is 3.56. The van der Waals surface area contributed by atoms with Gasteiger partial charge in [-0.3, -0.25) is 14.9 Å². The average Bonchev–Trinajstić information content (AvgIpc) is 3.58. The van der Waals surface area contributed by atoms with Crippen molar-refractivity contribution in [1.29, 1.82) is 0 Å². The zero-order valence-corrected chi connectivity index (χ0v) is 24.3. The van der Waals surface area contributed by atoms with Gasteiger partial charge in [-0.15, -0.1) is 0 Å². The van der Waals surface area contributed by atoms with Gasteiger partial charge in [0.15, 0.2) is 5.65 Å². The maximum Gasteiger partial charge on any atom is 0.253 e. The van der Waals surface area contributed by atoms with Crippen molar-refractivity contribution in [3.8, 4) is 11.3 Å². The molecule has 41 heavy (non-hydrogen) atoms. The largest absolute Gasteiger partial charge is 0.348 e. The molecule has 0 aliphatic carbocycles. The normalized spacial score (nSPS) is 19.3. The predicted molar refractivity (Wildman–Crippen MR) is 158 cm³/mol. The monoisotopic (exact) mass is 555 g/mol. The molecule has 2 N–H and O–H groups in total. The molecule has 0 saturated carbocycles. The van der Waals surface area contributed by atoms with Crippen LogP contribution in [0.25, 0.3) is 22.3 Å². The zero-order valence-electron chi connectivity index (χ0n) is 24.3. The van der Waals surface area contributed by atoms with Crippen LogP contribution in [0.2, 0.25) is 0 Å². The summed E-state index contributed by atoms with van der Waals surface area (Å²) in [6, 6.07) is 11.9. The van der Waals surface area contributed by atoms with E-state index >= 15 is 0 Å². The van der Waals surface area contributed by atoms with E-state index in [0.717, 1.165) is 65.3 Å². The number of benzene rings is 1. The van der Waals surface area contributed by atoms with Gasteiger partial charge in [-0.05, 0) is 70.1 Å². The molecule has 0 spiro atoms. The number of epoxide rings is 1. The molecule has 2 aliphatic rings. The van der Waals surface area contributed by atoms with Crippen molar-refractivity contribution < 1.29 is 9.53 Å². The first-order valence-electron chi connectivity index (χ1n) is 14.2. The minimum atomic E-state index is -0.223. The molecule has 2 atom stereocenters.